The van der Waals surface area contributed by atoms with Crippen molar-refractivity contribution in [2.45, 2.75) is 47.1 Å². The van der Waals surface area contributed by atoms with Gasteiger partial charge in [0, 0.05) is 6.20 Å². The van der Waals surface area contributed by atoms with Crippen LogP contribution < -0.4 is 0 Å². The summed E-state index contributed by atoms with van der Waals surface area (Å²) < 4.78 is 11.5. The van der Waals surface area contributed by atoms with Crippen LogP contribution in [-0.2, 0) is 9.47 Å². The largest absolute Gasteiger partial charge is 0.461 e. The van der Waals surface area contributed by atoms with Crippen molar-refractivity contribution in [3.63, 3.8) is 0 Å². The van der Waals surface area contributed by atoms with Gasteiger partial charge in [0.1, 0.15) is 11.3 Å². The van der Waals surface area contributed by atoms with E-state index in [1.165, 1.54) is 4.57 Å². The molecule has 1 rings (SSSR count). The second kappa shape index (κ2) is 5.47. The van der Waals surface area contributed by atoms with Gasteiger partial charge in [-0.15, -0.1) is 0 Å². The molecule has 0 saturated heterocycles. The molecular formula is C14H21NO4. The minimum Gasteiger partial charge on any atom is -0.461 e. The molecule has 19 heavy (non-hydrogen) atoms. The van der Waals surface area contributed by atoms with E-state index in [0.717, 1.165) is 11.1 Å². The molecule has 0 N–H and O–H groups in total. The van der Waals surface area contributed by atoms with Gasteiger partial charge in [-0.3, -0.25) is 0 Å². The van der Waals surface area contributed by atoms with Gasteiger partial charge in [-0.1, -0.05) is 0 Å². The summed E-state index contributed by atoms with van der Waals surface area (Å²) in [7, 11) is 0. The lowest BCUT2D eigenvalue weighted by molar-refractivity contribution is 0.0448. The molecule has 0 atom stereocenters. The average molecular weight is 267 g/mol. The van der Waals surface area contributed by atoms with Crippen LogP contribution in [-0.4, -0.2) is 28.8 Å². The molecule has 0 spiro atoms. The van der Waals surface area contributed by atoms with Crippen molar-refractivity contribution in [2.75, 3.05) is 6.61 Å². The average Bonchev–Trinajstić information content (AvgIpc) is 2.53. The predicted octanol–water partition coefficient (Wildman–Crippen LogP) is 3.06. The molecule has 0 aliphatic carbocycles. The molecule has 0 amide bonds. The van der Waals surface area contributed by atoms with Crippen LogP contribution in [0.3, 0.4) is 0 Å². The Morgan fingerprint density at radius 3 is 2.32 bits per heavy atom. The molecule has 5 heteroatoms. The fraction of sp³-hybridized carbons (Fsp3) is 0.571. The number of aromatic nitrogens is 1. The maximum atomic E-state index is 12.1. The number of carbonyl (C=O) groups excluding carboxylic acids is 2. The molecule has 5 nitrogen and oxygen atoms in total. The number of aryl methyl sites for hydroxylation is 1. The minimum atomic E-state index is -0.616. The topological polar surface area (TPSA) is 57.5 Å². The number of hydrogen-bond acceptors (Lipinski definition) is 4. The first kappa shape index (κ1) is 15.3. The van der Waals surface area contributed by atoms with Crippen molar-refractivity contribution in [2.24, 2.45) is 0 Å². The molecule has 0 saturated carbocycles. The Morgan fingerprint density at radius 1 is 1.26 bits per heavy atom. The Kier molecular flexibility index (Phi) is 4.39. The Morgan fingerprint density at radius 2 is 1.84 bits per heavy atom. The second-order valence-corrected chi connectivity index (χ2v) is 5.36. The summed E-state index contributed by atoms with van der Waals surface area (Å²) in [4.78, 5) is 24.0. The standard InChI is InChI=1S/C14H21NO4/c1-7-18-12(16)11-10(3)9(2)8-15(11)13(17)19-14(4,5)6/h8H,7H2,1-6H3. The van der Waals surface area contributed by atoms with Gasteiger partial charge in [-0.25, -0.2) is 14.2 Å². The normalized spacial score (nSPS) is 11.3. The monoisotopic (exact) mass is 267 g/mol. The SMILES string of the molecule is CCOC(=O)c1c(C)c(C)cn1C(=O)OC(C)(C)C. The van der Waals surface area contributed by atoms with Crippen molar-refractivity contribution >= 4 is 12.1 Å². The van der Waals surface area contributed by atoms with Crippen LogP contribution in [0.4, 0.5) is 4.79 Å². The third-order valence-corrected chi connectivity index (χ3v) is 2.57. The summed E-state index contributed by atoms with van der Waals surface area (Å²) in [5, 5.41) is 0. The predicted molar refractivity (Wildman–Crippen MR) is 71.5 cm³/mol. The van der Waals surface area contributed by atoms with E-state index in [2.05, 4.69) is 0 Å². The van der Waals surface area contributed by atoms with Crippen molar-refractivity contribution in [1.29, 1.82) is 0 Å². The Balaban J connectivity index is 3.17. The lowest BCUT2D eigenvalue weighted by atomic mass is 10.2. The van der Waals surface area contributed by atoms with Crippen molar-refractivity contribution < 1.29 is 19.1 Å². The minimum absolute atomic E-state index is 0.230. The first-order chi connectivity index (χ1) is 8.67. The molecule has 0 bridgehead atoms. The Hall–Kier alpha value is -1.78. The summed E-state index contributed by atoms with van der Waals surface area (Å²) in [5.41, 5.74) is 1.18. The summed E-state index contributed by atoms with van der Waals surface area (Å²) in [5.74, 6) is -0.515. The van der Waals surface area contributed by atoms with E-state index in [0.29, 0.717) is 0 Å². The molecule has 1 heterocycles. The van der Waals surface area contributed by atoms with E-state index in [9.17, 15) is 9.59 Å². The zero-order chi connectivity index (χ0) is 14.8. The van der Waals surface area contributed by atoms with E-state index in [4.69, 9.17) is 9.47 Å². The van der Waals surface area contributed by atoms with Crippen LogP contribution >= 0.6 is 0 Å². The van der Waals surface area contributed by atoms with Crippen molar-refractivity contribution in [1.82, 2.24) is 4.57 Å². The van der Waals surface area contributed by atoms with Crippen LogP contribution in [0.2, 0.25) is 0 Å². The van der Waals surface area contributed by atoms with Crippen LogP contribution in [0.25, 0.3) is 0 Å². The van der Waals surface area contributed by atoms with Gasteiger partial charge in [0.25, 0.3) is 0 Å². The summed E-state index contributed by atoms with van der Waals surface area (Å²) in [6, 6.07) is 0. The van der Waals surface area contributed by atoms with Crippen LogP contribution in [0.1, 0.15) is 49.3 Å². The number of ether oxygens (including phenoxy) is 2. The molecule has 0 aliphatic heterocycles. The lowest BCUT2D eigenvalue weighted by Gasteiger charge is -2.20. The van der Waals surface area contributed by atoms with Gasteiger partial charge in [0.2, 0.25) is 0 Å². The van der Waals surface area contributed by atoms with Crippen molar-refractivity contribution in [3.05, 3.63) is 23.0 Å². The highest BCUT2D eigenvalue weighted by Crippen LogP contribution is 2.19. The highest BCUT2D eigenvalue weighted by atomic mass is 16.6. The first-order valence-electron chi connectivity index (χ1n) is 6.26. The molecule has 0 radical (unpaired) electrons. The zero-order valence-corrected chi connectivity index (χ0v) is 12.4. The van der Waals surface area contributed by atoms with Gasteiger partial charge in [-0.05, 0) is 52.7 Å². The highest BCUT2D eigenvalue weighted by molar-refractivity contribution is 5.94. The van der Waals surface area contributed by atoms with Gasteiger partial charge in [0.15, 0.2) is 0 Å². The Bertz CT molecular complexity index is 494. The molecule has 106 valence electrons. The fourth-order valence-electron chi connectivity index (χ4n) is 1.63. The van der Waals surface area contributed by atoms with E-state index in [1.807, 2.05) is 6.92 Å². The summed E-state index contributed by atoms with van der Waals surface area (Å²) in [6.07, 6.45) is 1.02. The van der Waals surface area contributed by atoms with Crippen molar-refractivity contribution in [3.8, 4) is 0 Å². The van der Waals surface area contributed by atoms with E-state index < -0.39 is 17.7 Å². The number of rotatable bonds is 2. The van der Waals surface area contributed by atoms with Crippen LogP contribution in [0, 0.1) is 13.8 Å². The summed E-state index contributed by atoms with van der Waals surface area (Å²) in [6.45, 7) is 10.9. The maximum absolute atomic E-state index is 12.1. The third kappa shape index (κ3) is 3.59. The second-order valence-electron chi connectivity index (χ2n) is 5.36. The molecule has 0 aliphatic rings. The van der Waals surface area contributed by atoms with Crippen LogP contribution in [0.15, 0.2) is 6.20 Å². The van der Waals surface area contributed by atoms with E-state index >= 15 is 0 Å². The number of hydrogen-bond donors (Lipinski definition) is 0. The number of nitrogens with zero attached hydrogens (tertiary/aromatic N) is 1. The lowest BCUT2D eigenvalue weighted by Crippen LogP contribution is -2.29. The zero-order valence-electron chi connectivity index (χ0n) is 12.4. The first-order valence-corrected chi connectivity index (χ1v) is 6.26. The van der Waals surface area contributed by atoms with Gasteiger partial charge in [0.05, 0.1) is 6.61 Å². The van der Waals surface area contributed by atoms with E-state index in [-0.39, 0.29) is 12.3 Å². The maximum Gasteiger partial charge on any atom is 0.419 e. The molecule has 0 fully saturated rings. The number of carbonyl (C=O) groups is 2. The van der Waals surface area contributed by atoms with Gasteiger partial charge in [-0.2, -0.15) is 0 Å². The summed E-state index contributed by atoms with van der Waals surface area (Å²) >= 11 is 0. The molecule has 0 unspecified atom stereocenters. The highest BCUT2D eigenvalue weighted by Gasteiger charge is 2.25. The third-order valence-electron chi connectivity index (χ3n) is 2.57. The Labute approximate surface area is 113 Å². The fourth-order valence-corrected chi connectivity index (χ4v) is 1.63. The molecular weight excluding hydrogens is 246 g/mol. The van der Waals surface area contributed by atoms with Crippen LogP contribution in [0.5, 0.6) is 0 Å². The number of esters is 1. The van der Waals surface area contributed by atoms with Gasteiger partial charge >= 0.3 is 12.1 Å². The smallest absolute Gasteiger partial charge is 0.419 e. The van der Waals surface area contributed by atoms with Gasteiger partial charge < -0.3 is 9.47 Å². The quantitative estimate of drug-likeness (QED) is 0.773. The molecule has 1 aromatic heterocycles. The van der Waals surface area contributed by atoms with E-state index in [1.54, 1.807) is 40.8 Å². The molecule has 0 aromatic carbocycles. The molecule has 1 aromatic rings.